The molecule has 98 valence electrons. The second kappa shape index (κ2) is 5.64. The van der Waals surface area contributed by atoms with Crippen LogP contribution < -0.4 is 5.43 Å². The molecule has 0 radical (unpaired) electrons. The van der Waals surface area contributed by atoms with E-state index in [1.165, 1.54) is 12.1 Å². The number of phenols is 1. The molecule has 0 heterocycles. The number of rotatable bonds is 4. The van der Waals surface area contributed by atoms with Crippen LogP contribution in [0, 0.1) is 0 Å². The summed E-state index contributed by atoms with van der Waals surface area (Å²) in [6, 6.07) is 6.23. The molecule has 1 rings (SSSR count). The van der Waals surface area contributed by atoms with Crippen LogP contribution in [0.5, 0.6) is 5.75 Å². The van der Waals surface area contributed by atoms with Gasteiger partial charge in [-0.25, -0.2) is 5.43 Å². The molecule has 0 aliphatic heterocycles. The monoisotopic (exact) mass is 250 g/mol. The lowest BCUT2D eigenvalue weighted by molar-refractivity contribution is 0.0875. The number of phenolic OH excluding ortho intramolecular Hbond substituents is 1. The Balaban J connectivity index is 2.67. The predicted molar refractivity (Wildman–Crippen MR) is 69.6 cm³/mol. The van der Waals surface area contributed by atoms with Crippen LogP contribution in [-0.2, 0) is 0 Å². The average Bonchev–Trinajstić information content (AvgIpc) is 2.24. The van der Waals surface area contributed by atoms with E-state index in [1.54, 1.807) is 32.9 Å². The van der Waals surface area contributed by atoms with Gasteiger partial charge in [-0.1, -0.05) is 12.1 Å². The molecule has 0 saturated heterocycles. The number of aliphatic hydroxyl groups is 1. The van der Waals surface area contributed by atoms with E-state index in [4.69, 9.17) is 0 Å². The fraction of sp³-hybridized carbons (Fsp3) is 0.385. The normalized spacial score (nSPS) is 12.3. The maximum Gasteiger partial charge on any atom is 0.275 e. The van der Waals surface area contributed by atoms with Crippen molar-refractivity contribution in [2.75, 3.05) is 0 Å². The summed E-state index contributed by atoms with van der Waals surface area (Å²) in [5.41, 5.74) is 2.24. The third-order valence-corrected chi connectivity index (χ3v) is 2.19. The van der Waals surface area contributed by atoms with Crippen LogP contribution in [0.15, 0.2) is 29.4 Å². The highest BCUT2D eigenvalue weighted by atomic mass is 16.3. The van der Waals surface area contributed by atoms with Gasteiger partial charge in [0.2, 0.25) is 0 Å². The number of para-hydroxylation sites is 1. The zero-order chi connectivity index (χ0) is 13.8. The average molecular weight is 250 g/mol. The van der Waals surface area contributed by atoms with E-state index in [1.807, 2.05) is 0 Å². The van der Waals surface area contributed by atoms with Gasteiger partial charge in [0.15, 0.2) is 0 Å². The lowest BCUT2D eigenvalue weighted by atomic mass is 10.0. The molecule has 0 fully saturated rings. The number of amides is 1. The zero-order valence-electron chi connectivity index (χ0n) is 10.8. The number of carbonyl (C=O) groups is 1. The highest BCUT2D eigenvalue weighted by Crippen LogP contribution is 2.15. The maximum atomic E-state index is 11.7. The SMILES string of the molecule is C/C(CC(C)(C)O)=N/NC(=O)c1ccccc1O. The highest BCUT2D eigenvalue weighted by molar-refractivity contribution is 5.97. The number of aromatic hydroxyl groups is 1. The van der Waals surface area contributed by atoms with Crippen molar-refractivity contribution >= 4 is 11.6 Å². The summed E-state index contributed by atoms with van der Waals surface area (Å²) in [6.07, 6.45) is 0.355. The molecule has 0 aliphatic rings. The van der Waals surface area contributed by atoms with Gasteiger partial charge in [0, 0.05) is 12.1 Å². The van der Waals surface area contributed by atoms with Crippen molar-refractivity contribution in [3.63, 3.8) is 0 Å². The smallest absolute Gasteiger partial charge is 0.275 e. The first-order valence-electron chi connectivity index (χ1n) is 5.63. The van der Waals surface area contributed by atoms with Crippen LogP contribution in [0.25, 0.3) is 0 Å². The summed E-state index contributed by atoms with van der Waals surface area (Å²) in [7, 11) is 0. The Hall–Kier alpha value is -1.88. The molecule has 18 heavy (non-hydrogen) atoms. The van der Waals surface area contributed by atoms with Gasteiger partial charge in [0.25, 0.3) is 5.91 Å². The van der Waals surface area contributed by atoms with Crippen LogP contribution >= 0.6 is 0 Å². The first-order valence-corrected chi connectivity index (χ1v) is 5.63. The Kier molecular flexibility index (Phi) is 4.44. The van der Waals surface area contributed by atoms with E-state index in [2.05, 4.69) is 10.5 Å². The highest BCUT2D eigenvalue weighted by Gasteiger charge is 2.14. The number of benzene rings is 1. The van der Waals surface area contributed by atoms with Gasteiger partial charge in [-0.05, 0) is 32.9 Å². The standard InChI is InChI=1S/C13H18N2O3/c1-9(8-13(2,3)18)14-15-12(17)10-6-4-5-7-11(10)16/h4-7,16,18H,8H2,1-3H3,(H,15,17)/b14-9-. The molecule has 0 bridgehead atoms. The molecule has 0 atom stereocenters. The number of nitrogens with zero attached hydrogens (tertiary/aromatic N) is 1. The van der Waals surface area contributed by atoms with Gasteiger partial charge in [0.1, 0.15) is 5.75 Å². The molecule has 0 aliphatic carbocycles. The summed E-state index contributed by atoms with van der Waals surface area (Å²) in [4.78, 5) is 11.7. The topological polar surface area (TPSA) is 81.9 Å². The van der Waals surface area contributed by atoms with Gasteiger partial charge in [-0.3, -0.25) is 4.79 Å². The Morgan fingerprint density at radius 1 is 1.39 bits per heavy atom. The molecular formula is C13H18N2O3. The first-order chi connectivity index (χ1) is 8.29. The Labute approximate surface area is 106 Å². The molecule has 0 aromatic heterocycles. The number of nitrogens with one attached hydrogen (secondary N) is 1. The van der Waals surface area contributed by atoms with Crippen LogP contribution in [0.1, 0.15) is 37.6 Å². The van der Waals surface area contributed by atoms with Gasteiger partial charge in [-0.15, -0.1) is 0 Å². The van der Waals surface area contributed by atoms with Gasteiger partial charge in [0.05, 0.1) is 11.2 Å². The lowest BCUT2D eigenvalue weighted by Gasteiger charge is -2.16. The molecule has 5 nitrogen and oxygen atoms in total. The maximum absolute atomic E-state index is 11.7. The Morgan fingerprint density at radius 2 is 2.00 bits per heavy atom. The van der Waals surface area contributed by atoms with Crippen molar-refractivity contribution in [2.45, 2.75) is 32.8 Å². The summed E-state index contributed by atoms with van der Waals surface area (Å²) >= 11 is 0. The van der Waals surface area contributed by atoms with Crippen molar-refractivity contribution in [3.8, 4) is 5.75 Å². The fourth-order valence-electron chi connectivity index (χ4n) is 1.54. The molecule has 1 aromatic rings. The largest absolute Gasteiger partial charge is 0.507 e. The van der Waals surface area contributed by atoms with E-state index in [0.29, 0.717) is 12.1 Å². The summed E-state index contributed by atoms with van der Waals surface area (Å²) < 4.78 is 0. The van der Waals surface area contributed by atoms with E-state index in [9.17, 15) is 15.0 Å². The second-order valence-corrected chi connectivity index (χ2v) is 4.79. The molecule has 3 N–H and O–H groups in total. The third-order valence-electron chi connectivity index (χ3n) is 2.19. The Morgan fingerprint density at radius 3 is 2.56 bits per heavy atom. The molecular weight excluding hydrogens is 232 g/mol. The second-order valence-electron chi connectivity index (χ2n) is 4.79. The van der Waals surface area contributed by atoms with Crippen LogP contribution in [-0.4, -0.2) is 27.4 Å². The van der Waals surface area contributed by atoms with E-state index in [0.717, 1.165) is 0 Å². The molecule has 0 unspecified atom stereocenters. The molecule has 5 heteroatoms. The molecule has 0 saturated carbocycles. The van der Waals surface area contributed by atoms with Crippen LogP contribution in [0.2, 0.25) is 0 Å². The van der Waals surface area contributed by atoms with E-state index >= 15 is 0 Å². The molecule has 1 aromatic carbocycles. The van der Waals surface area contributed by atoms with Gasteiger partial charge in [-0.2, -0.15) is 5.10 Å². The summed E-state index contributed by atoms with van der Waals surface area (Å²) in [5.74, 6) is -0.575. The number of hydrogen-bond donors (Lipinski definition) is 3. The zero-order valence-corrected chi connectivity index (χ0v) is 10.8. The molecule has 1 amide bonds. The van der Waals surface area contributed by atoms with E-state index in [-0.39, 0.29) is 11.3 Å². The van der Waals surface area contributed by atoms with Gasteiger partial charge >= 0.3 is 0 Å². The minimum absolute atomic E-state index is 0.0923. The fourth-order valence-corrected chi connectivity index (χ4v) is 1.54. The van der Waals surface area contributed by atoms with Crippen molar-refractivity contribution in [3.05, 3.63) is 29.8 Å². The third kappa shape index (κ3) is 4.55. The van der Waals surface area contributed by atoms with E-state index < -0.39 is 11.5 Å². The number of hydrogen-bond acceptors (Lipinski definition) is 4. The van der Waals surface area contributed by atoms with Crippen molar-refractivity contribution in [1.29, 1.82) is 0 Å². The predicted octanol–water partition coefficient (Wildman–Crippen LogP) is 1.66. The summed E-state index contributed by atoms with van der Waals surface area (Å²) in [6.45, 7) is 5.04. The van der Waals surface area contributed by atoms with Crippen molar-refractivity contribution in [2.24, 2.45) is 5.10 Å². The first kappa shape index (κ1) is 14.2. The minimum Gasteiger partial charge on any atom is -0.507 e. The van der Waals surface area contributed by atoms with Crippen LogP contribution in [0.4, 0.5) is 0 Å². The quantitative estimate of drug-likeness (QED) is 0.561. The Bertz CT molecular complexity index is 462. The number of hydrazone groups is 1. The minimum atomic E-state index is -0.868. The van der Waals surface area contributed by atoms with Crippen LogP contribution in [0.3, 0.4) is 0 Å². The lowest BCUT2D eigenvalue weighted by Crippen LogP contribution is -2.25. The van der Waals surface area contributed by atoms with Crippen molar-refractivity contribution < 1.29 is 15.0 Å². The summed E-state index contributed by atoms with van der Waals surface area (Å²) in [5, 5.41) is 22.9. The number of carbonyl (C=O) groups excluding carboxylic acids is 1. The van der Waals surface area contributed by atoms with Gasteiger partial charge < -0.3 is 10.2 Å². The molecule has 0 spiro atoms. The van der Waals surface area contributed by atoms with Crippen molar-refractivity contribution in [1.82, 2.24) is 5.43 Å².